The Hall–Kier alpha value is -2.18. The van der Waals surface area contributed by atoms with Crippen LogP contribution in [0.15, 0.2) is 53.4 Å². The van der Waals surface area contributed by atoms with E-state index in [1.54, 1.807) is 12.1 Å². The molecule has 0 aromatic heterocycles. The predicted molar refractivity (Wildman–Crippen MR) is 93.2 cm³/mol. The van der Waals surface area contributed by atoms with E-state index in [2.05, 4.69) is 13.0 Å². The highest BCUT2D eigenvalue weighted by molar-refractivity contribution is 7.89. The maximum atomic E-state index is 12.6. The fourth-order valence-corrected chi connectivity index (χ4v) is 3.68. The number of nitrogens with two attached hydrogens (primary N) is 1. The van der Waals surface area contributed by atoms with E-state index in [4.69, 9.17) is 5.14 Å². The Bertz CT molecular complexity index is 860. The third-order valence-corrected chi connectivity index (χ3v) is 5.28. The minimum atomic E-state index is -3.68. The number of anilines is 1. The maximum absolute atomic E-state index is 12.6. The Balaban J connectivity index is 1.68. The summed E-state index contributed by atoms with van der Waals surface area (Å²) in [5.41, 5.74) is 3.12. The summed E-state index contributed by atoms with van der Waals surface area (Å²) in [5, 5.41) is 5.08. The lowest BCUT2D eigenvalue weighted by atomic mass is 10.1. The van der Waals surface area contributed by atoms with Crippen molar-refractivity contribution in [1.82, 2.24) is 0 Å². The van der Waals surface area contributed by atoms with Gasteiger partial charge in [0.05, 0.1) is 4.90 Å². The van der Waals surface area contributed by atoms with E-state index in [9.17, 15) is 13.2 Å². The van der Waals surface area contributed by atoms with Gasteiger partial charge in [-0.3, -0.25) is 4.79 Å². The number of nitrogens with zero attached hydrogens (tertiary/aromatic N) is 1. The van der Waals surface area contributed by atoms with Crippen LogP contribution in [0.2, 0.25) is 0 Å². The van der Waals surface area contributed by atoms with Crippen LogP contribution in [0.1, 0.15) is 24.5 Å². The Labute approximate surface area is 142 Å². The molecule has 1 heterocycles. The van der Waals surface area contributed by atoms with Gasteiger partial charge < -0.3 is 4.90 Å². The van der Waals surface area contributed by atoms with E-state index in [0.29, 0.717) is 12.8 Å². The summed E-state index contributed by atoms with van der Waals surface area (Å²) in [7, 11) is -3.68. The molecule has 1 unspecified atom stereocenters. The molecular weight excluding hydrogens is 324 g/mol. The summed E-state index contributed by atoms with van der Waals surface area (Å²) >= 11 is 0. The lowest BCUT2D eigenvalue weighted by molar-refractivity contribution is -0.118. The van der Waals surface area contributed by atoms with Crippen LogP contribution in [0, 0.1) is 0 Å². The first-order valence-corrected chi connectivity index (χ1v) is 9.42. The number of primary sulfonamides is 1. The summed E-state index contributed by atoms with van der Waals surface area (Å²) < 4.78 is 22.5. The molecule has 0 saturated carbocycles. The SMILES string of the molecule is CC1Cc2ccccc2N1C(=O)CCc1ccc(S(N)(=O)=O)cc1. The van der Waals surface area contributed by atoms with E-state index >= 15 is 0 Å². The summed E-state index contributed by atoms with van der Waals surface area (Å²) in [4.78, 5) is 14.6. The third kappa shape index (κ3) is 3.34. The van der Waals surface area contributed by atoms with E-state index in [0.717, 1.165) is 17.7 Å². The van der Waals surface area contributed by atoms with Crippen LogP contribution >= 0.6 is 0 Å². The first-order chi connectivity index (χ1) is 11.4. The maximum Gasteiger partial charge on any atom is 0.238 e. The van der Waals surface area contributed by atoms with Crippen molar-refractivity contribution in [1.29, 1.82) is 0 Å². The third-order valence-electron chi connectivity index (χ3n) is 4.36. The summed E-state index contributed by atoms with van der Waals surface area (Å²) in [5.74, 6) is 0.0861. The second-order valence-corrected chi connectivity index (χ2v) is 7.70. The molecule has 2 aromatic carbocycles. The van der Waals surface area contributed by atoms with Gasteiger partial charge in [-0.1, -0.05) is 30.3 Å². The monoisotopic (exact) mass is 344 g/mol. The van der Waals surface area contributed by atoms with Crippen molar-refractivity contribution in [2.75, 3.05) is 4.90 Å². The molecular formula is C18H20N2O3S. The van der Waals surface area contributed by atoms with Crippen molar-refractivity contribution in [2.24, 2.45) is 5.14 Å². The fourth-order valence-electron chi connectivity index (χ4n) is 3.16. The predicted octanol–water partition coefficient (Wildman–Crippen LogP) is 2.24. The quantitative estimate of drug-likeness (QED) is 0.924. The molecule has 24 heavy (non-hydrogen) atoms. The number of rotatable bonds is 4. The van der Waals surface area contributed by atoms with Crippen molar-refractivity contribution in [3.8, 4) is 0 Å². The normalized spacial score (nSPS) is 16.9. The van der Waals surface area contributed by atoms with Crippen LogP contribution < -0.4 is 10.0 Å². The Morgan fingerprint density at radius 3 is 2.50 bits per heavy atom. The van der Waals surface area contributed by atoms with Gasteiger partial charge in [0, 0.05) is 18.2 Å². The van der Waals surface area contributed by atoms with E-state index in [-0.39, 0.29) is 16.8 Å². The number of fused-ring (bicyclic) bond motifs is 1. The Morgan fingerprint density at radius 1 is 1.17 bits per heavy atom. The Morgan fingerprint density at radius 2 is 1.83 bits per heavy atom. The van der Waals surface area contributed by atoms with Gasteiger partial charge in [-0.2, -0.15) is 0 Å². The van der Waals surface area contributed by atoms with Crippen LogP contribution in [-0.4, -0.2) is 20.4 Å². The van der Waals surface area contributed by atoms with Crippen LogP contribution in [0.5, 0.6) is 0 Å². The lowest BCUT2D eigenvalue weighted by Crippen LogP contribution is -2.35. The molecule has 2 aromatic rings. The van der Waals surface area contributed by atoms with Crippen LogP contribution in [0.25, 0.3) is 0 Å². The first-order valence-electron chi connectivity index (χ1n) is 7.88. The van der Waals surface area contributed by atoms with Gasteiger partial charge in [0.15, 0.2) is 0 Å². The summed E-state index contributed by atoms with van der Waals surface area (Å²) in [6.07, 6.45) is 1.83. The van der Waals surface area contributed by atoms with Crippen LogP contribution in [-0.2, 0) is 27.7 Å². The molecule has 126 valence electrons. The second-order valence-electron chi connectivity index (χ2n) is 6.13. The molecule has 0 aliphatic carbocycles. The van der Waals surface area contributed by atoms with Gasteiger partial charge in [0.1, 0.15) is 0 Å². The number of sulfonamides is 1. The number of aryl methyl sites for hydroxylation is 1. The molecule has 0 spiro atoms. The molecule has 2 N–H and O–H groups in total. The van der Waals surface area contributed by atoms with Gasteiger partial charge in [-0.05, 0) is 49.1 Å². The number of carbonyl (C=O) groups is 1. The molecule has 3 rings (SSSR count). The highest BCUT2D eigenvalue weighted by Gasteiger charge is 2.29. The van der Waals surface area contributed by atoms with Gasteiger partial charge in [-0.15, -0.1) is 0 Å². The molecule has 0 fully saturated rings. The molecule has 6 heteroatoms. The molecule has 5 nitrogen and oxygen atoms in total. The number of para-hydroxylation sites is 1. The van der Waals surface area contributed by atoms with E-state index < -0.39 is 10.0 Å². The van der Waals surface area contributed by atoms with Crippen LogP contribution in [0.3, 0.4) is 0 Å². The van der Waals surface area contributed by atoms with Gasteiger partial charge in [0.2, 0.25) is 15.9 Å². The summed E-state index contributed by atoms with van der Waals surface area (Å²) in [6, 6.07) is 14.5. The zero-order chi connectivity index (χ0) is 17.3. The van der Waals surface area contributed by atoms with Gasteiger partial charge >= 0.3 is 0 Å². The Kier molecular flexibility index (Phi) is 4.43. The van der Waals surface area contributed by atoms with Crippen molar-refractivity contribution < 1.29 is 13.2 Å². The van der Waals surface area contributed by atoms with Gasteiger partial charge in [0.25, 0.3) is 0 Å². The molecule has 1 atom stereocenters. The molecule has 0 bridgehead atoms. The summed E-state index contributed by atoms with van der Waals surface area (Å²) in [6.45, 7) is 2.05. The average molecular weight is 344 g/mol. The topological polar surface area (TPSA) is 80.5 Å². The van der Waals surface area contributed by atoms with Crippen molar-refractivity contribution in [3.05, 3.63) is 59.7 Å². The smallest absolute Gasteiger partial charge is 0.238 e. The van der Waals surface area contributed by atoms with Crippen molar-refractivity contribution >= 4 is 21.6 Å². The van der Waals surface area contributed by atoms with E-state index in [1.807, 2.05) is 23.1 Å². The van der Waals surface area contributed by atoms with Crippen LogP contribution in [0.4, 0.5) is 5.69 Å². The number of amides is 1. The first kappa shape index (κ1) is 16.7. The largest absolute Gasteiger partial charge is 0.309 e. The number of hydrogen-bond acceptors (Lipinski definition) is 3. The number of hydrogen-bond donors (Lipinski definition) is 1. The average Bonchev–Trinajstić information content (AvgIpc) is 2.88. The van der Waals surface area contributed by atoms with Crippen molar-refractivity contribution in [3.63, 3.8) is 0 Å². The zero-order valence-corrected chi connectivity index (χ0v) is 14.3. The van der Waals surface area contributed by atoms with Gasteiger partial charge in [-0.25, -0.2) is 13.6 Å². The highest BCUT2D eigenvalue weighted by atomic mass is 32.2. The highest BCUT2D eigenvalue weighted by Crippen LogP contribution is 2.32. The minimum absolute atomic E-state index is 0.0830. The molecule has 1 amide bonds. The number of carbonyl (C=O) groups excluding carboxylic acids is 1. The fraction of sp³-hybridized carbons (Fsp3) is 0.278. The molecule has 0 radical (unpaired) electrons. The van der Waals surface area contributed by atoms with E-state index in [1.165, 1.54) is 17.7 Å². The molecule has 1 aliphatic rings. The molecule has 0 saturated heterocycles. The lowest BCUT2D eigenvalue weighted by Gasteiger charge is -2.22. The van der Waals surface area contributed by atoms with Crippen molar-refractivity contribution in [2.45, 2.75) is 37.1 Å². The standard InChI is InChI=1S/C18H20N2O3S/c1-13-12-15-4-2-3-5-17(15)20(13)18(21)11-8-14-6-9-16(10-7-14)24(19,22)23/h2-7,9-10,13H,8,11-12H2,1H3,(H2,19,22,23). The minimum Gasteiger partial charge on any atom is -0.309 e. The molecule has 1 aliphatic heterocycles. The second kappa shape index (κ2) is 6.37. The number of benzene rings is 2. The zero-order valence-electron chi connectivity index (χ0n) is 13.5.